The quantitative estimate of drug-likeness (QED) is 0.517. The van der Waals surface area contributed by atoms with E-state index in [4.69, 9.17) is 4.74 Å². The lowest BCUT2D eigenvalue weighted by atomic mass is 10.2. The van der Waals surface area contributed by atoms with Crippen molar-refractivity contribution in [2.45, 2.75) is 6.61 Å². The minimum Gasteiger partial charge on any atom is -0.445 e. The molecule has 2 amide bonds. The second kappa shape index (κ2) is 8.87. The van der Waals surface area contributed by atoms with Gasteiger partial charge in [0.15, 0.2) is 0 Å². The Kier molecular flexibility index (Phi) is 5.66. The molecule has 150 valence electrons. The van der Waals surface area contributed by atoms with Crippen LogP contribution in [0.3, 0.4) is 0 Å². The van der Waals surface area contributed by atoms with Gasteiger partial charge in [0.25, 0.3) is 0 Å². The lowest BCUT2D eigenvalue weighted by Crippen LogP contribution is -2.33. The van der Waals surface area contributed by atoms with Gasteiger partial charge in [0.05, 0.1) is 22.9 Å². The van der Waals surface area contributed by atoms with E-state index in [0.29, 0.717) is 11.5 Å². The third-order valence-electron chi connectivity index (χ3n) is 4.34. The number of hydrogen-bond acceptors (Lipinski definition) is 5. The van der Waals surface area contributed by atoms with Crippen LogP contribution in [0.15, 0.2) is 79.3 Å². The summed E-state index contributed by atoms with van der Waals surface area (Å²) >= 11 is 0. The van der Waals surface area contributed by atoms with Gasteiger partial charge in [-0.2, -0.15) is 0 Å². The molecule has 0 fully saturated rings. The maximum atomic E-state index is 12.1. The Balaban J connectivity index is 1.28. The molecule has 0 saturated heterocycles. The van der Waals surface area contributed by atoms with Gasteiger partial charge < -0.3 is 15.4 Å². The van der Waals surface area contributed by atoms with Crippen LogP contribution in [0.2, 0.25) is 0 Å². The summed E-state index contributed by atoms with van der Waals surface area (Å²) < 4.78 is 6.94. The first-order valence-electron chi connectivity index (χ1n) is 9.32. The number of nitrogens with zero attached hydrogens (tertiary/aromatic N) is 3. The summed E-state index contributed by atoms with van der Waals surface area (Å²) in [6, 6.07) is 20.6. The molecular weight excluding hydrogens is 382 g/mol. The molecule has 0 spiro atoms. The lowest BCUT2D eigenvalue weighted by molar-refractivity contribution is -0.115. The largest absolute Gasteiger partial charge is 0.445 e. The van der Waals surface area contributed by atoms with Gasteiger partial charge in [-0.05, 0) is 29.8 Å². The number of alkyl carbamates (subject to hydrolysis) is 1. The summed E-state index contributed by atoms with van der Waals surface area (Å²) in [5.74, 6) is 0.304. The fourth-order valence-corrected chi connectivity index (χ4v) is 2.88. The number of benzene rings is 2. The zero-order chi connectivity index (χ0) is 20.8. The van der Waals surface area contributed by atoms with Gasteiger partial charge in [0, 0.05) is 0 Å². The van der Waals surface area contributed by atoms with Crippen molar-refractivity contribution in [2.75, 3.05) is 11.9 Å². The Hall–Kier alpha value is -4.20. The second-order valence-corrected chi connectivity index (χ2v) is 6.47. The van der Waals surface area contributed by atoms with Crippen molar-refractivity contribution in [1.82, 2.24) is 19.9 Å². The number of amides is 2. The number of fused-ring (bicyclic) bond motifs is 1. The maximum Gasteiger partial charge on any atom is 0.407 e. The van der Waals surface area contributed by atoms with Crippen LogP contribution in [0.5, 0.6) is 0 Å². The Morgan fingerprint density at radius 2 is 1.73 bits per heavy atom. The van der Waals surface area contributed by atoms with Gasteiger partial charge >= 0.3 is 6.09 Å². The highest BCUT2D eigenvalue weighted by atomic mass is 16.5. The van der Waals surface area contributed by atoms with Crippen LogP contribution >= 0.6 is 0 Å². The zero-order valence-electron chi connectivity index (χ0n) is 16.0. The van der Waals surface area contributed by atoms with Crippen molar-refractivity contribution >= 4 is 28.7 Å². The molecule has 4 aromatic rings. The van der Waals surface area contributed by atoms with E-state index >= 15 is 0 Å². The molecular formula is C22H19N5O3. The average molecular weight is 401 g/mol. The van der Waals surface area contributed by atoms with E-state index in [0.717, 1.165) is 16.6 Å². The minimum absolute atomic E-state index is 0.141. The molecule has 0 saturated carbocycles. The fourth-order valence-electron chi connectivity index (χ4n) is 2.88. The number of carbonyl (C=O) groups is 2. The first-order valence-corrected chi connectivity index (χ1v) is 9.32. The number of imidazole rings is 1. The van der Waals surface area contributed by atoms with Crippen LogP contribution in [0, 0.1) is 0 Å². The average Bonchev–Trinajstić information content (AvgIpc) is 3.22. The molecule has 0 aliphatic heterocycles. The Morgan fingerprint density at radius 3 is 2.53 bits per heavy atom. The summed E-state index contributed by atoms with van der Waals surface area (Å²) in [5, 5.41) is 5.10. The third-order valence-corrected chi connectivity index (χ3v) is 4.34. The van der Waals surface area contributed by atoms with Crippen LogP contribution in [0.25, 0.3) is 16.9 Å². The third kappa shape index (κ3) is 4.61. The fraction of sp³-hybridized carbons (Fsp3) is 0.0909. The van der Waals surface area contributed by atoms with Crippen molar-refractivity contribution in [1.29, 1.82) is 0 Å². The van der Waals surface area contributed by atoms with Gasteiger partial charge in [-0.1, -0.05) is 42.5 Å². The molecule has 0 unspecified atom stereocenters. The predicted molar refractivity (Wildman–Crippen MR) is 112 cm³/mol. The number of rotatable bonds is 6. The number of hydrogen-bond donors (Lipinski definition) is 2. The standard InChI is InChI=1S/C22H19N5O3/c28-21(13-24-22(29)30-14-16-6-2-1-3-7-16)26-17-10-11-20(23-12-17)27-15-25-18-8-4-5-9-19(18)27/h1-12,15H,13-14H2,(H,24,29)(H,26,28). The molecule has 0 atom stereocenters. The van der Waals surface area contributed by atoms with Crippen LogP contribution in [-0.4, -0.2) is 33.1 Å². The van der Waals surface area contributed by atoms with Crippen LogP contribution in [-0.2, 0) is 16.1 Å². The van der Waals surface area contributed by atoms with Crippen molar-refractivity contribution < 1.29 is 14.3 Å². The number of pyridine rings is 1. The molecule has 2 aromatic heterocycles. The molecule has 0 aliphatic carbocycles. The van der Waals surface area contributed by atoms with E-state index in [1.54, 1.807) is 24.7 Å². The number of para-hydroxylation sites is 2. The smallest absolute Gasteiger partial charge is 0.407 e. The monoisotopic (exact) mass is 401 g/mol. The highest BCUT2D eigenvalue weighted by molar-refractivity contribution is 5.93. The summed E-state index contributed by atoms with van der Waals surface area (Å²) in [6.07, 6.45) is 2.60. The van der Waals surface area contributed by atoms with Gasteiger partial charge in [-0.15, -0.1) is 0 Å². The topological polar surface area (TPSA) is 98.1 Å². The Morgan fingerprint density at radius 1 is 0.933 bits per heavy atom. The molecule has 2 aromatic carbocycles. The number of ether oxygens (including phenoxy) is 1. The highest BCUT2D eigenvalue weighted by Gasteiger charge is 2.09. The van der Waals surface area contributed by atoms with Gasteiger partial charge in [-0.3, -0.25) is 9.36 Å². The first kappa shape index (κ1) is 19.1. The lowest BCUT2D eigenvalue weighted by Gasteiger charge is -2.09. The minimum atomic E-state index is -0.658. The zero-order valence-corrected chi connectivity index (χ0v) is 16.0. The van der Waals surface area contributed by atoms with E-state index in [1.165, 1.54) is 0 Å². The number of nitrogens with one attached hydrogen (secondary N) is 2. The molecule has 4 rings (SSSR count). The highest BCUT2D eigenvalue weighted by Crippen LogP contribution is 2.17. The molecule has 0 aliphatic rings. The second-order valence-electron chi connectivity index (χ2n) is 6.47. The molecule has 0 radical (unpaired) electrons. The molecule has 8 nitrogen and oxygen atoms in total. The molecule has 30 heavy (non-hydrogen) atoms. The number of aromatic nitrogens is 3. The van der Waals surface area contributed by atoms with E-state index in [2.05, 4.69) is 20.6 Å². The van der Waals surface area contributed by atoms with Gasteiger partial charge in [0.1, 0.15) is 25.3 Å². The Bertz CT molecular complexity index is 1160. The normalized spacial score (nSPS) is 10.5. The van der Waals surface area contributed by atoms with Crippen molar-refractivity contribution in [2.24, 2.45) is 0 Å². The van der Waals surface area contributed by atoms with Crippen molar-refractivity contribution in [3.63, 3.8) is 0 Å². The summed E-state index contributed by atoms with van der Waals surface area (Å²) in [7, 11) is 0. The molecule has 8 heteroatoms. The summed E-state index contributed by atoms with van der Waals surface area (Å²) in [6.45, 7) is -0.0653. The summed E-state index contributed by atoms with van der Waals surface area (Å²) in [4.78, 5) is 32.5. The van der Waals surface area contributed by atoms with Crippen molar-refractivity contribution in [3.05, 3.63) is 84.8 Å². The van der Waals surface area contributed by atoms with Crippen LogP contribution in [0.4, 0.5) is 10.5 Å². The van der Waals surface area contributed by atoms with Crippen molar-refractivity contribution in [3.8, 4) is 5.82 Å². The first-order chi connectivity index (χ1) is 14.7. The Labute approximate surface area is 172 Å². The molecule has 0 bridgehead atoms. The number of anilines is 1. The molecule has 2 heterocycles. The SMILES string of the molecule is O=C(CNC(=O)OCc1ccccc1)Nc1ccc(-n2cnc3ccccc32)nc1. The van der Waals surface area contributed by atoms with E-state index in [-0.39, 0.29) is 19.1 Å². The maximum absolute atomic E-state index is 12.1. The summed E-state index contributed by atoms with van der Waals surface area (Å²) in [5.41, 5.74) is 3.21. The van der Waals surface area contributed by atoms with Gasteiger partial charge in [0.2, 0.25) is 5.91 Å². The van der Waals surface area contributed by atoms with Crippen LogP contribution < -0.4 is 10.6 Å². The molecule has 2 N–H and O–H groups in total. The predicted octanol–water partition coefficient (Wildman–Crippen LogP) is 3.29. The van der Waals surface area contributed by atoms with E-state index < -0.39 is 6.09 Å². The van der Waals surface area contributed by atoms with E-state index in [1.807, 2.05) is 59.2 Å². The number of carbonyl (C=O) groups excluding carboxylic acids is 2. The van der Waals surface area contributed by atoms with Gasteiger partial charge in [-0.25, -0.2) is 14.8 Å². The van der Waals surface area contributed by atoms with E-state index in [9.17, 15) is 9.59 Å². The van der Waals surface area contributed by atoms with Crippen LogP contribution in [0.1, 0.15) is 5.56 Å².